The van der Waals surface area contributed by atoms with Gasteiger partial charge < -0.3 is 11.1 Å². The molecule has 1 fully saturated rings. The van der Waals surface area contributed by atoms with Gasteiger partial charge in [-0.2, -0.15) is 0 Å². The number of anilines is 1. The fraction of sp³-hybridized carbons (Fsp3) is 0.600. The zero-order valence-electron chi connectivity index (χ0n) is 11.8. The minimum atomic E-state index is -0.0460. The number of nitrogen functional groups attached to an aromatic ring is 1. The molecule has 0 spiro atoms. The molecule has 2 rings (SSSR count). The highest BCUT2D eigenvalue weighted by Crippen LogP contribution is 2.26. The SMILES string of the molecule is Cc1cc(C(=O)NC(C)C2CCCCC2)cc(N)n1. The number of amides is 1. The summed E-state index contributed by atoms with van der Waals surface area (Å²) in [6.45, 7) is 3.95. The lowest BCUT2D eigenvalue weighted by Gasteiger charge is -2.28. The fourth-order valence-corrected chi connectivity index (χ4v) is 2.87. The van der Waals surface area contributed by atoms with Gasteiger partial charge in [0, 0.05) is 17.3 Å². The summed E-state index contributed by atoms with van der Waals surface area (Å²) in [5.74, 6) is 0.962. The summed E-state index contributed by atoms with van der Waals surface area (Å²) >= 11 is 0. The first-order valence-corrected chi connectivity index (χ1v) is 7.11. The van der Waals surface area contributed by atoms with Gasteiger partial charge >= 0.3 is 0 Å². The van der Waals surface area contributed by atoms with Crippen molar-refractivity contribution in [2.45, 2.75) is 52.0 Å². The minimum absolute atomic E-state index is 0.0460. The second kappa shape index (κ2) is 6.04. The first-order chi connectivity index (χ1) is 9.06. The van der Waals surface area contributed by atoms with Crippen LogP contribution in [0.4, 0.5) is 5.82 Å². The van der Waals surface area contributed by atoms with Crippen LogP contribution in [-0.2, 0) is 0 Å². The molecule has 4 heteroatoms. The summed E-state index contributed by atoms with van der Waals surface area (Å²) < 4.78 is 0. The maximum atomic E-state index is 12.2. The molecule has 1 unspecified atom stereocenters. The fourth-order valence-electron chi connectivity index (χ4n) is 2.87. The van der Waals surface area contributed by atoms with Crippen molar-refractivity contribution >= 4 is 11.7 Å². The molecule has 1 aromatic rings. The predicted molar refractivity (Wildman–Crippen MR) is 76.9 cm³/mol. The number of aromatic nitrogens is 1. The average Bonchev–Trinajstić information content (AvgIpc) is 2.38. The molecule has 0 aliphatic heterocycles. The molecular weight excluding hydrogens is 238 g/mol. The van der Waals surface area contributed by atoms with Crippen molar-refractivity contribution in [3.05, 3.63) is 23.4 Å². The van der Waals surface area contributed by atoms with E-state index in [9.17, 15) is 4.79 Å². The first-order valence-electron chi connectivity index (χ1n) is 7.11. The molecule has 1 heterocycles. The van der Waals surface area contributed by atoms with Gasteiger partial charge in [0.25, 0.3) is 5.91 Å². The second-order valence-electron chi connectivity index (χ2n) is 5.58. The molecule has 0 aromatic carbocycles. The summed E-state index contributed by atoms with van der Waals surface area (Å²) in [6.07, 6.45) is 6.34. The number of nitrogens with one attached hydrogen (secondary N) is 1. The number of carbonyl (C=O) groups excluding carboxylic acids is 1. The first kappa shape index (κ1) is 13.8. The molecule has 1 aliphatic carbocycles. The molecule has 104 valence electrons. The number of rotatable bonds is 3. The van der Waals surface area contributed by atoms with Crippen molar-refractivity contribution in [2.24, 2.45) is 5.92 Å². The van der Waals surface area contributed by atoms with Crippen LogP contribution in [0.5, 0.6) is 0 Å². The van der Waals surface area contributed by atoms with Gasteiger partial charge in [-0.3, -0.25) is 4.79 Å². The van der Waals surface area contributed by atoms with E-state index in [0.717, 1.165) is 5.69 Å². The summed E-state index contributed by atoms with van der Waals surface area (Å²) in [6, 6.07) is 3.64. The molecule has 0 saturated heterocycles. The summed E-state index contributed by atoms with van der Waals surface area (Å²) in [5, 5.41) is 3.10. The van der Waals surface area contributed by atoms with Crippen molar-refractivity contribution < 1.29 is 4.79 Å². The van der Waals surface area contributed by atoms with Crippen LogP contribution in [0.15, 0.2) is 12.1 Å². The number of hydrogen-bond donors (Lipinski definition) is 2. The molecule has 1 aromatic heterocycles. The Bertz CT molecular complexity index is 432. The van der Waals surface area contributed by atoms with Crippen molar-refractivity contribution in [3.8, 4) is 0 Å². The Kier molecular flexibility index (Phi) is 4.40. The summed E-state index contributed by atoms with van der Waals surface area (Å²) in [5.41, 5.74) is 7.06. The van der Waals surface area contributed by atoms with E-state index in [1.807, 2.05) is 6.92 Å². The van der Waals surface area contributed by atoms with Crippen LogP contribution >= 0.6 is 0 Å². The number of pyridine rings is 1. The molecule has 19 heavy (non-hydrogen) atoms. The van der Waals surface area contributed by atoms with E-state index in [2.05, 4.69) is 17.2 Å². The number of carbonyl (C=O) groups is 1. The third kappa shape index (κ3) is 3.69. The number of nitrogens with two attached hydrogens (primary N) is 1. The van der Waals surface area contributed by atoms with Gasteiger partial charge in [0.2, 0.25) is 0 Å². The molecule has 1 atom stereocenters. The number of nitrogens with zero attached hydrogens (tertiary/aromatic N) is 1. The maximum absolute atomic E-state index is 12.2. The third-order valence-corrected chi connectivity index (χ3v) is 3.95. The number of aryl methyl sites for hydroxylation is 1. The van der Waals surface area contributed by atoms with E-state index in [-0.39, 0.29) is 11.9 Å². The minimum Gasteiger partial charge on any atom is -0.384 e. The highest BCUT2D eigenvalue weighted by molar-refractivity contribution is 5.95. The van der Waals surface area contributed by atoms with Gasteiger partial charge in [-0.05, 0) is 44.7 Å². The van der Waals surface area contributed by atoms with E-state index >= 15 is 0 Å². The standard InChI is InChI=1S/C15H23N3O/c1-10-8-13(9-14(16)17-10)15(19)18-11(2)12-6-4-3-5-7-12/h8-9,11-12H,3-7H2,1-2H3,(H2,16,17)(H,18,19). The van der Waals surface area contributed by atoms with E-state index in [0.29, 0.717) is 17.3 Å². The summed E-state index contributed by atoms with van der Waals surface area (Å²) in [4.78, 5) is 16.3. The Labute approximate surface area is 114 Å². The lowest BCUT2D eigenvalue weighted by molar-refractivity contribution is 0.0919. The molecule has 0 radical (unpaired) electrons. The zero-order valence-corrected chi connectivity index (χ0v) is 11.8. The Morgan fingerprint density at radius 2 is 2.05 bits per heavy atom. The van der Waals surface area contributed by atoms with E-state index in [4.69, 9.17) is 5.73 Å². The van der Waals surface area contributed by atoms with Crippen molar-refractivity contribution in [1.29, 1.82) is 0 Å². The Morgan fingerprint density at radius 3 is 2.68 bits per heavy atom. The Hall–Kier alpha value is -1.58. The van der Waals surface area contributed by atoms with Crippen LogP contribution in [0.3, 0.4) is 0 Å². The van der Waals surface area contributed by atoms with E-state index < -0.39 is 0 Å². The lowest BCUT2D eigenvalue weighted by Crippen LogP contribution is -2.38. The maximum Gasteiger partial charge on any atom is 0.251 e. The molecule has 1 amide bonds. The van der Waals surface area contributed by atoms with Gasteiger partial charge in [-0.15, -0.1) is 0 Å². The van der Waals surface area contributed by atoms with Crippen molar-refractivity contribution in [1.82, 2.24) is 10.3 Å². The van der Waals surface area contributed by atoms with Gasteiger partial charge in [-0.25, -0.2) is 4.98 Å². The van der Waals surface area contributed by atoms with Gasteiger partial charge in [0.15, 0.2) is 0 Å². The molecule has 1 saturated carbocycles. The molecule has 1 aliphatic rings. The quantitative estimate of drug-likeness (QED) is 0.879. The van der Waals surface area contributed by atoms with E-state index in [1.165, 1.54) is 32.1 Å². The van der Waals surface area contributed by atoms with Crippen LogP contribution in [0.1, 0.15) is 55.1 Å². The average molecular weight is 261 g/mol. The second-order valence-corrected chi connectivity index (χ2v) is 5.58. The lowest BCUT2D eigenvalue weighted by atomic mass is 9.84. The monoisotopic (exact) mass is 261 g/mol. The largest absolute Gasteiger partial charge is 0.384 e. The van der Waals surface area contributed by atoms with Crippen LogP contribution < -0.4 is 11.1 Å². The van der Waals surface area contributed by atoms with E-state index in [1.54, 1.807) is 12.1 Å². The molecule has 3 N–H and O–H groups in total. The van der Waals surface area contributed by atoms with Crippen LogP contribution in [0.25, 0.3) is 0 Å². The van der Waals surface area contributed by atoms with Crippen LogP contribution in [0, 0.1) is 12.8 Å². The highest BCUT2D eigenvalue weighted by atomic mass is 16.1. The van der Waals surface area contributed by atoms with Gasteiger partial charge in [0.1, 0.15) is 5.82 Å². The molecular formula is C15H23N3O. The predicted octanol–water partition coefficient (Wildman–Crippen LogP) is 2.67. The van der Waals surface area contributed by atoms with Gasteiger partial charge in [-0.1, -0.05) is 19.3 Å². The molecule has 0 bridgehead atoms. The molecule has 4 nitrogen and oxygen atoms in total. The Morgan fingerprint density at radius 1 is 1.37 bits per heavy atom. The topological polar surface area (TPSA) is 68.0 Å². The Balaban J connectivity index is 1.99. The normalized spacial score (nSPS) is 18.0. The smallest absolute Gasteiger partial charge is 0.251 e. The number of hydrogen-bond acceptors (Lipinski definition) is 3. The van der Waals surface area contributed by atoms with Gasteiger partial charge in [0.05, 0.1) is 0 Å². The zero-order chi connectivity index (χ0) is 13.8. The highest BCUT2D eigenvalue weighted by Gasteiger charge is 2.22. The van der Waals surface area contributed by atoms with Crippen molar-refractivity contribution in [3.63, 3.8) is 0 Å². The third-order valence-electron chi connectivity index (χ3n) is 3.95. The van der Waals surface area contributed by atoms with Crippen LogP contribution in [0.2, 0.25) is 0 Å². The van der Waals surface area contributed by atoms with Crippen LogP contribution in [-0.4, -0.2) is 16.9 Å². The summed E-state index contributed by atoms with van der Waals surface area (Å²) in [7, 11) is 0. The van der Waals surface area contributed by atoms with Crippen molar-refractivity contribution in [2.75, 3.05) is 5.73 Å².